The summed E-state index contributed by atoms with van der Waals surface area (Å²) in [5.41, 5.74) is 3.91. The number of fused-ring (bicyclic) bond motifs is 3. The Hall–Kier alpha value is -3.39. The SMILES string of the molecule is CC(C)(C)C(CCO)NC(=O)C(CC(=O)O)NC(=O)OCC1c2ccccc2-c2ccccc21. The summed E-state index contributed by atoms with van der Waals surface area (Å²) in [6.07, 6.45) is -1.15. The topological polar surface area (TPSA) is 125 Å². The number of carbonyl (C=O) groups is 3. The van der Waals surface area contributed by atoms with E-state index in [1.165, 1.54) is 0 Å². The van der Waals surface area contributed by atoms with Crippen LogP contribution in [0.3, 0.4) is 0 Å². The second kappa shape index (κ2) is 10.7. The van der Waals surface area contributed by atoms with Crippen molar-refractivity contribution in [3.63, 3.8) is 0 Å². The Bertz CT molecular complexity index is 1000. The molecule has 2 aromatic rings. The number of aliphatic carboxylic acids is 1. The molecule has 182 valence electrons. The van der Waals surface area contributed by atoms with Crippen LogP contribution in [0.25, 0.3) is 11.1 Å². The van der Waals surface area contributed by atoms with Gasteiger partial charge >= 0.3 is 12.1 Å². The fraction of sp³-hybridized carbons (Fsp3) is 0.423. The van der Waals surface area contributed by atoms with Gasteiger partial charge in [0, 0.05) is 18.6 Å². The third-order valence-corrected chi connectivity index (χ3v) is 6.11. The van der Waals surface area contributed by atoms with Crippen molar-refractivity contribution in [1.82, 2.24) is 10.6 Å². The Kier molecular flexibility index (Phi) is 7.94. The van der Waals surface area contributed by atoms with Crippen LogP contribution in [-0.2, 0) is 14.3 Å². The number of nitrogens with one attached hydrogen (secondary N) is 2. The molecule has 1 aliphatic rings. The largest absolute Gasteiger partial charge is 0.481 e. The van der Waals surface area contributed by atoms with Gasteiger partial charge in [-0.05, 0) is 34.1 Å². The van der Waals surface area contributed by atoms with Crippen LogP contribution in [0.2, 0.25) is 0 Å². The molecule has 0 saturated carbocycles. The Morgan fingerprint density at radius 2 is 1.53 bits per heavy atom. The van der Waals surface area contributed by atoms with Crippen LogP contribution in [0.15, 0.2) is 48.5 Å². The van der Waals surface area contributed by atoms with Crippen LogP contribution in [0, 0.1) is 5.41 Å². The summed E-state index contributed by atoms with van der Waals surface area (Å²) >= 11 is 0. The minimum atomic E-state index is -1.31. The van der Waals surface area contributed by atoms with Gasteiger partial charge in [-0.15, -0.1) is 0 Å². The highest BCUT2D eigenvalue weighted by molar-refractivity contribution is 5.89. The van der Waals surface area contributed by atoms with E-state index in [0.717, 1.165) is 22.3 Å². The van der Waals surface area contributed by atoms with Gasteiger partial charge in [-0.2, -0.15) is 0 Å². The molecule has 0 saturated heterocycles. The van der Waals surface area contributed by atoms with Crippen molar-refractivity contribution in [2.75, 3.05) is 13.2 Å². The summed E-state index contributed by atoms with van der Waals surface area (Å²) in [7, 11) is 0. The summed E-state index contributed by atoms with van der Waals surface area (Å²) in [5, 5.41) is 23.7. The first-order chi connectivity index (χ1) is 16.1. The number of aliphatic hydroxyl groups is 1. The molecule has 2 aromatic carbocycles. The van der Waals surface area contributed by atoms with Gasteiger partial charge in [-0.1, -0.05) is 69.3 Å². The number of hydrogen-bond donors (Lipinski definition) is 4. The summed E-state index contributed by atoms with van der Waals surface area (Å²) in [6, 6.07) is 14.1. The van der Waals surface area contributed by atoms with Crippen LogP contribution in [0.1, 0.15) is 50.7 Å². The van der Waals surface area contributed by atoms with Crippen LogP contribution in [0.5, 0.6) is 0 Å². The molecule has 2 amide bonds. The van der Waals surface area contributed by atoms with Crippen LogP contribution >= 0.6 is 0 Å². The molecule has 34 heavy (non-hydrogen) atoms. The van der Waals surface area contributed by atoms with E-state index in [2.05, 4.69) is 10.6 Å². The zero-order valence-electron chi connectivity index (χ0n) is 19.7. The third-order valence-electron chi connectivity index (χ3n) is 6.11. The Labute approximate surface area is 199 Å². The van der Waals surface area contributed by atoms with Gasteiger partial charge in [0.1, 0.15) is 12.6 Å². The number of carboxylic acid groups (broad SMARTS) is 1. The molecule has 0 heterocycles. The highest BCUT2D eigenvalue weighted by Crippen LogP contribution is 2.44. The molecule has 8 heteroatoms. The lowest BCUT2D eigenvalue weighted by atomic mass is 9.84. The monoisotopic (exact) mass is 468 g/mol. The first-order valence-electron chi connectivity index (χ1n) is 11.4. The van der Waals surface area contributed by atoms with Gasteiger partial charge in [-0.25, -0.2) is 4.79 Å². The molecule has 2 unspecified atom stereocenters. The fourth-order valence-corrected chi connectivity index (χ4v) is 4.29. The van der Waals surface area contributed by atoms with Crippen molar-refractivity contribution in [2.24, 2.45) is 5.41 Å². The number of rotatable bonds is 9. The number of hydrogen-bond acceptors (Lipinski definition) is 5. The molecule has 8 nitrogen and oxygen atoms in total. The number of benzene rings is 2. The van der Waals surface area contributed by atoms with E-state index in [-0.39, 0.29) is 24.5 Å². The molecule has 0 fully saturated rings. The Balaban J connectivity index is 1.68. The Morgan fingerprint density at radius 1 is 0.971 bits per heavy atom. The predicted octanol–water partition coefficient (Wildman–Crippen LogP) is 3.28. The predicted molar refractivity (Wildman–Crippen MR) is 127 cm³/mol. The molecule has 3 rings (SSSR count). The summed E-state index contributed by atoms with van der Waals surface area (Å²) < 4.78 is 5.46. The average molecular weight is 469 g/mol. The molecule has 0 bridgehead atoms. The van der Waals surface area contributed by atoms with Crippen molar-refractivity contribution >= 4 is 18.0 Å². The number of alkyl carbamates (subject to hydrolysis) is 1. The number of aliphatic hydroxyl groups excluding tert-OH is 1. The van der Waals surface area contributed by atoms with Crippen LogP contribution < -0.4 is 10.6 Å². The first kappa shape index (κ1) is 25.2. The van der Waals surface area contributed by atoms with E-state index in [9.17, 15) is 24.6 Å². The second-order valence-corrected chi connectivity index (χ2v) is 9.56. The van der Waals surface area contributed by atoms with Crippen LogP contribution in [-0.4, -0.2) is 53.5 Å². The summed E-state index contributed by atoms with van der Waals surface area (Å²) in [6.45, 7) is 5.62. The number of amides is 2. The Morgan fingerprint density at radius 3 is 2.03 bits per heavy atom. The molecule has 0 aromatic heterocycles. The zero-order chi connectivity index (χ0) is 24.9. The van der Waals surface area contributed by atoms with Crippen molar-refractivity contribution < 1.29 is 29.3 Å². The van der Waals surface area contributed by atoms with Gasteiger partial charge in [-0.3, -0.25) is 9.59 Å². The van der Waals surface area contributed by atoms with Gasteiger partial charge in [0.2, 0.25) is 5.91 Å². The van der Waals surface area contributed by atoms with E-state index in [4.69, 9.17) is 4.74 Å². The molecule has 1 aliphatic carbocycles. The standard InChI is InChI=1S/C26H32N2O6/c1-26(2,3)22(12-13-29)28-24(32)21(14-23(30)31)27-25(33)34-15-20-18-10-6-4-8-16(18)17-9-5-7-11-19(17)20/h4-11,20-22,29H,12-15H2,1-3H3,(H,27,33)(H,28,32)(H,30,31). The van der Waals surface area contributed by atoms with E-state index in [0.29, 0.717) is 6.42 Å². The minimum Gasteiger partial charge on any atom is -0.481 e. The lowest BCUT2D eigenvalue weighted by Gasteiger charge is -2.32. The highest BCUT2D eigenvalue weighted by Gasteiger charge is 2.32. The van der Waals surface area contributed by atoms with Gasteiger partial charge < -0.3 is 25.6 Å². The maximum absolute atomic E-state index is 12.8. The lowest BCUT2D eigenvalue weighted by Crippen LogP contribution is -2.53. The number of carbonyl (C=O) groups excluding carboxylic acids is 2. The maximum atomic E-state index is 12.8. The fourth-order valence-electron chi connectivity index (χ4n) is 4.29. The molecule has 0 aliphatic heterocycles. The van der Waals surface area contributed by atoms with E-state index in [1.54, 1.807) is 0 Å². The quantitative estimate of drug-likeness (QED) is 0.448. The number of ether oxygens (including phenoxy) is 1. The molecular weight excluding hydrogens is 436 g/mol. The lowest BCUT2D eigenvalue weighted by molar-refractivity contribution is -0.140. The first-order valence-corrected chi connectivity index (χ1v) is 11.4. The maximum Gasteiger partial charge on any atom is 0.407 e. The molecule has 2 atom stereocenters. The van der Waals surface area contributed by atoms with E-state index >= 15 is 0 Å². The van der Waals surface area contributed by atoms with Crippen molar-refractivity contribution in [2.45, 2.75) is 51.6 Å². The normalized spacial score (nSPS) is 14.5. The molecule has 0 radical (unpaired) electrons. The summed E-state index contributed by atoms with van der Waals surface area (Å²) in [4.78, 5) is 36.7. The molecule has 0 spiro atoms. The average Bonchev–Trinajstić information content (AvgIpc) is 3.10. The van der Waals surface area contributed by atoms with Crippen LogP contribution in [0.4, 0.5) is 4.79 Å². The summed E-state index contributed by atoms with van der Waals surface area (Å²) in [5.74, 6) is -2.02. The minimum absolute atomic E-state index is 0.0520. The van der Waals surface area contributed by atoms with Crippen molar-refractivity contribution in [3.8, 4) is 11.1 Å². The van der Waals surface area contributed by atoms with E-state index in [1.807, 2.05) is 69.3 Å². The van der Waals surface area contributed by atoms with Crippen molar-refractivity contribution in [3.05, 3.63) is 59.7 Å². The van der Waals surface area contributed by atoms with E-state index < -0.39 is 36.5 Å². The van der Waals surface area contributed by atoms with Gasteiger partial charge in [0.05, 0.1) is 6.42 Å². The molecular formula is C26H32N2O6. The smallest absolute Gasteiger partial charge is 0.407 e. The highest BCUT2D eigenvalue weighted by atomic mass is 16.5. The zero-order valence-corrected chi connectivity index (χ0v) is 19.7. The number of carboxylic acids is 1. The molecule has 4 N–H and O–H groups in total. The van der Waals surface area contributed by atoms with Crippen molar-refractivity contribution in [1.29, 1.82) is 0 Å². The third kappa shape index (κ3) is 5.94. The van der Waals surface area contributed by atoms with Gasteiger partial charge in [0.25, 0.3) is 0 Å². The second-order valence-electron chi connectivity index (χ2n) is 9.56. The van der Waals surface area contributed by atoms with Gasteiger partial charge in [0.15, 0.2) is 0 Å².